The molecule has 2 amide bonds. The summed E-state index contributed by atoms with van der Waals surface area (Å²) < 4.78 is 46.6. The van der Waals surface area contributed by atoms with Crippen molar-refractivity contribution in [2.24, 2.45) is 0 Å². The molecule has 0 bridgehead atoms. The van der Waals surface area contributed by atoms with Crippen LogP contribution in [0.2, 0.25) is 5.02 Å². The fourth-order valence-corrected chi connectivity index (χ4v) is 6.24. The van der Waals surface area contributed by atoms with Gasteiger partial charge in [0.1, 0.15) is 11.5 Å². The number of hydrogen-bond donors (Lipinski definition) is 0. The molecule has 5 rings (SSSR count). The maximum Gasteiger partial charge on any atom is 0.271 e. The average Bonchev–Trinajstić information content (AvgIpc) is 3.22. The SMILES string of the molecule is COc1ccc2c(c1)C1(C(=O)N2Cc2ccc(Cl)cc2)N(c2ccc(F)c(F)c2)C(=O)CS1=O. The largest absolute Gasteiger partial charge is 0.497 e. The number of fused-ring (bicyclic) bond motifs is 2. The lowest BCUT2D eigenvalue weighted by molar-refractivity contribution is -0.123. The van der Waals surface area contributed by atoms with Crippen molar-refractivity contribution in [2.75, 3.05) is 22.7 Å². The third kappa shape index (κ3) is 3.22. The highest BCUT2D eigenvalue weighted by Crippen LogP contribution is 2.52. The zero-order valence-corrected chi connectivity index (χ0v) is 19.3. The van der Waals surface area contributed by atoms with Gasteiger partial charge >= 0.3 is 0 Å². The Morgan fingerprint density at radius 3 is 2.44 bits per heavy atom. The van der Waals surface area contributed by atoms with Gasteiger partial charge in [-0.05, 0) is 48.0 Å². The summed E-state index contributed by atoms with van der Waals surface area (Å²) in [7, 11) is -0.576. The molecule has 3 aromatic carbocycles. The molecule has 0 aromatic heterocycles. The van der Waals surface area contributed by atoms with Crippen LogP contribution in [-0.4, -0.2) is 28.9 Å². The summed E-state index contributed by atoms with van der Waals surface area (Å²) in [4.78, 5) is 27.6. The number of methoxy groups -OCH3 is 1. The number of ether oxygens (including phenoxy) is 1. The van der Waals surface area contributed by atoms with E-state index in [0.29, 0.717) is 22.0 Å². The summed E-state index contributed by atoms with van der Waals surface area (Å²) in [5, 5.41) is 0.533. The van der Waals surface area contributed by atoms with Gasteiger partial charge in [-0.25, -0.2) is 8.78 Å². The highest BCUT2D eigenvalue weighted by atomic mass is 35.5. The Morgan fingerprint density at radius 1 is 1.03 bits per heavy atom. The normalized spacial score (nSPS) is 21.5. The van der Waals surface area contributed by atoms with Gasteiger partial charge in [-0.2, -0.15) is 0 Å². The Balaban J connectivity index is 1.72. The van der Waals surface area contributed by atoms with E-state index in [4.69, 9.17) is 16.3 Å². The number of halogens is 3. The molecule has 10 heteroatoms. The molecule has 2 unspecified atom stereocenters. The van der Waals surface area contributed by atoms with Gasteiger partial charge in [-0.1, -0.05) is 23.7 Å². The van der Waals surface area contributed by atoms with Gasteiger partial charge in [0.25, 0.3) is 5.91 Å². The van der Waals surface area contributed by atoms with Crippen LogP contribution >= 0.6 is 11.6 Å². The molecule has 1 saturated heterocycles. The highest BCUT2D eigenvalue weighted by molar-refractivity contribution is 7.88. The van der Waals surface area contributed by atoms with Crippen molar-refractivity contribution < 1.29 is 27.3 Å². The standard InChI is InChI=1S/C24H17ClF2N2O4S/c1-33-17-7-9-21-18(11-17)24(23(31)28(21)12-14-2-4-15(25)5-3-14)29(22(30)13-34(24)32)16-6-8-19(26)20(27)10-16/h2-11H,12-13H2,1H3. The van der Waals surface area contributed by atoms with Gasteiger partial charge in [0, 0.05) is 22.3 Å². The molecule has 0 aliphatic carbocycles. The number of benzene rings is 3. The molecule has 0 N–H and O–H groups in total. The second-order valence-electron chi connectivity index (χ2n) is 7.86. The van der Waals surface area contributed by atoms with E-state index in [1.807, 2.05) is 0 Å². The maximum atomic E-state index is 14.1. The number of rotatable bonds is 4. The van der Waals surface area contributed by atoms with Crippen LogP contribution in [0.15, 0.2) is 60.7 Å². The van der Waals surface area contributed by atoms with E-state index in [9.17, 15) is 22.6 Å². The summed E-state index contributed by atoms with van der Waals surface area (Å²) in [5.74, 6) is -3.60. The van der Waals surface area contributed by atoms with Crippen molar-refractivity contribution in [3.63, 3.8) is 0 Å². The van der Waals surface area contributed by atoms with Crippen LogP contribution in [0.5, 0.6) is 5.75 Å². The van der Waals surface area contributed by atoms with Crippen LogP contribution in [0, 0.1) is 11.6 Å². The van der Waals surface area contributed by atoms with Gasteiger partial charge in [-0.15, -0.1) is 0 Å². The number of carbonyl (C=O) groups excluding carboxylic acids is 2. The fraction of sp³-hybridized carbons (Fsp3) is 0.167. The third-order valence-electron chi connectivity index (χ3n) is 5.96. The Hall–Kier alpha value is -3.30. The van der Waals surface area contributed by atoms with E-state index in [2.05, 4.69) is 0 Å². The molecule has 2 atom stereocenters. The Morgan fingerprint density at radius 2 is 1.76 bits per heavy atom. The molecular weight excluding hydrogens is 486 g/mol. The van der Waals surface area contributed by atoms with Crippen LogP contribution < -0.4 is 14.5 Å². The highest BCUT2D eigenvalue weighted by Gasteiger charge is 2.65. The molecule has 2 heterocycles. The van der Waals surface area contributed by atoms with Crippen molar-refractivity contribution in [1.82, 2.24) is 0 Å². The van der Waals surface area contributed by atoms with Gasteiger partial charge in [0.15, 0.2) is 11.6 Å². The summed E-state index contributed by atoms with van der Waals surface area (Å²) in [6.45, 7) is 0.119. The molecule has 1 spiro atoms. The minimum atomic E-state index is -2.02. The lowest BCUT2D eigenvalue weighted by Crippen LogP contribution is -2.52. The van der Waals surface area contributed by atoms with Crippen LogP contribution in [0.25, 0.3) is 0 Å². The third-order valence-corrected chi connectivity index (χ3v) is 7.96. The van der Waals surface area contributed by atoms with Crippen molar-refractivity contribution in [1.29, 1.82) is 0 Å². The zero-order chi connectivity index (χ0) is 24.2. The van der Waals surface area contributed by atoms with Crippen molar-refractivity contribution in [2.45, 2.75) is 11.4 Å². The van der Waals surface area contributed by atoms with Gasteiger partial charge in [-0.3, -0.25) is 18.7 Å². The predicted octanol–water partition coefficient (Wildman–Crippen LogP) is 4.12. The summed E-state index contributed by atoms with van der Waals surface area (Å²) in [6, 6.07) is 14.6. The van der Waals surface area contributed by atoms with Crippen molar-refractivity contribution >= 4 is 45.6 Å². The van der Waals surface area contributed by atoms with Crippen LogP contribution in [0.4, 0.5) is 20.2 Å². The van der Waals surface area contributed by atoms with E-state index in [0.717, 1.165) is 22.6 Å². The van der Waals surface area contributed by atoms with Gasteiger partial charge in [0.2, 0.25) is 10.8 Å². The van der Waals surface area contributed by atoms with E-state index >= 15 is 0 Å². The van der Waals surface area contributed by atoms with Crippen LogP contribution in [0.3, 0.4) is 0 Å². The van der Waals surface area contributed by atoms with E-state index in [-0.39, 0.29) is 12.2 Å². The van der Waals surface area contributed by atoms with Crippen molar-refractivity contribution in [3.8, 4) is 5.75 Å². The molecule has 3 aromatic rings. The second kappa shape index (κ2) is 8.18. The fourth-order valence-electron chi connectivity index (χ4n) is 4.43. The molecule has 6 nitrogen and oxygen atoms in total. The molecule has 0 saturated carbocycles. The van der Waals surface area contributed by atoms with Gasteiger partial charge in [0.05, 0.1) is 30.1 Å². The molecule has 2 aliphatic heterocycles. The first-order chi connectivity index (χ1) is 16.3. The lowest BCUT2D eigenvalue weighted by Gasteiger charge is -2.32. The second-order valence-corrected chi connectivity index (χ2v) is 9.87. The minimum absolute atomic E-state index is 0.0646. The minimum Gasteiger partial charge on any atom is -0.497 e. The number of hydrogen-bond acceptors (Lipinski definition) is 4. The first kappa shape index (κ1) is 22.5. The van der Waals surface area contributed by atoms with E-state index < -0.39 is 44.9 Å². The summed E-state index contributed by atoms with van der Waals surface area (Å²) in [5.41, 5.74) is 1.42. The topological polar surface area (TPSA) is 66.9 Å². The first-order valence-corrected chi connectivity index (χ1v) is 11.9. The molecule has 2 aliphatic rings. The van der Waals surface area contributed by atoms with Crippen molar-refractivity contribution in [3.05, 3.63) is 88.4 Å². The molecule has 34 heavy (non-hydrogen) atoms. The Bertz CT molecular complexity index is 1370. The Labute approximate surface area is 201 Å². The van der Waals surface area contributed by atoms with Crippen LogP contribution in [-0.2, 0) is 31.8 Å². The molecule has 0 radical (unpaired) electrons. The number of amides is 2. The zero-order valence-electron chi connectivity index (χ0n) is 17.8. The summed E-state index contributed by atoms with van der Waals surface area (Å²) in [6.07, 6.45) is 0. The number of anilines is 2. The Kier molecular flexibility index (Phi) is 5.41. The van der Waals surface area contributed by atoms with Gasteiger partial charge < -0.3 is 9.64 Å². The number of carbonyl (C=O) groups is 2. The maximum absolute atomic E-state index is 14.1. The molecular formula is C24H17ClF2N2O4S. The average molecular weight is 503 g/mol. The first-order valence-electron chi connectivity index (χ1n) is 10.2. The van der Waals surface area contributed by atoms with E-state index in [1.54, 1.807) is 42.5 Å². The molecule has 1 fully saturated rings. The lowest BCUT2D eigenvalue weighted by atomic mass is 10.0. The smallest absolute Gasteiger partial charge is 0.271 e. The predicted molar refractivity (Wildman–Crippen MR) is 124 cm³/mol. The summed E-state index contributed by atoms with van der Waals surface area (Å²) >= 11 is 5.98. The molecule has 174 valence electrons. The monoisotopic (exact) mass is 502 g/mol. The van der Waals surface area contributed by atoms with Crippen LogP contribution in [0.1, 0.15) is 11.1 Å². The number of nitrogens with zero attached hydrogens (tertiary/aromatic N) is 2. The quantitative estimate of drug-likeness (QED) is 0.538. The van der Waals surface area contributed by atoms with E-state index in [1.165, 1.54) is 18.1 Å².